The van der Waals surface area contributed by atoms with Gasteiger partial charge in [-0.05, 0) is 38.3 Å². The van der Waals surface area contributed by atoms with Crippen molar-refractivity contribution < 1.29 is 5.11 Å². The highest BCUT2D eigenvalue weighted by atomic mass is 16.3. The maximum Gasteiger partial charge on any atom is 0.0987 e. The first kappa shape index (κ1) is 11.3. The van der Waals surface area contributed by atoms with E-state index >= 15 is 0 Å². The molecule has 90 valence electrons. The zero-order valence-electron chi connectivity index (χ0n) is 9.82. The lowest BCUT2D eigenvalue weighted by molar-refractivity contribution is 0.0238. The molecule has 4 nitrogen and oxygen atoms in total. The van der Waals surface area contributed by atoms with Crippen molar-refractivity contribution in [2.45, 2.75) is 32.3 Å². The number of hydrogen-bond acceptors (Lipinski definition) is 4. The Kier molecular flexibility index (Phi) is 2.84. The highest BCUT2D eigenvalue weighted by Gasteiger charge is 2.51. The second-order valence-electron chi connectivity index (χ2n) is 5.09. The van der Waals surface area contributed by atoms with Gasteiger partial charge >= 0.3 is 0 Å². The van der Waals surface area contributed by atoms with Gasteiger partial charge < -0.3 is 21.5 Å². The fraction of sp³-hybridized carbons (Fsp3) is 0.667. The van der Waals surface area contributed by atoms with Crippen molar-refractivity contribution >= 4 is 0 Å². The van der Waals surface area contributed by atoms with E-state index in [4.69, 9.17) is 11.5 Å². The zero-order chi connectivity index (χ0) is 11.8. The summed E-state index contributed by atoms with van der Waals surface area (Å²) in [4.78, 5) is 2.15. The van der Waals surface area contributed by atoms with Gasteiger partial charge in [0.05, 0.1) is 11.9 Å². The van der Waals surface area contributed by atoms with Crippen LogP contribution in [0.5, 0.6) is 0 Å². The molecule has 1 spiro atoms. The number of allylic oxidation sites excluding steroid dienone is 3. The lowest BCUT2D eigenvalue weighted by Crippen LogP contribution is -2.45. The van der Waals surface area contributed by atoms with Gasteiger partial charge in [0.2, 0.25) is 0 Å². The van der Waals surface area contributed by atoms with Crippen LogP contribution in [0.4, 0.5) is 0 Å². The molecule has 16 heavy (non-hydrogen) atoms. The lowest BCUT2D eigenvalue weighted by atomic mass is 9.91. The SMILES string of the molecule is C/C(N)=C/C=C(\N)N1CCC(O)C2(CC2)C1. The zero-order valence-corrected chi connectivity index (χ0v) is 9.82. The third kappa shape index (κ3) is 2.16. The molecule has 0 aromatic rings. The van der Waals surface area contributed by atoms with Crippen LogP contribution in [0, 0.1) is 5.41 Å². The van der Waals surface area contributed by atoms with Gasteiger partial charge in [-0.1, -0.05) is 0 Å². The van der Waals surface area contributed by atoms with Gasteiger partial charge in [0.15, 0.2) is 0 Å². The summed E-state index contributed by atoms with van der Waals surface area (Å²) in [5.74, 6) is 0.753. The molecule has 1 heterocycles. The predicted octanol–water partition coefficient (Wildman–Crippen LogP) is 0.496. The summed E-state index contributed by atoms with van der Waals surface area (Å²) >= 11 is 0. The van der Waals surface area contributed by atoms with E-state index in [-0.39, 0.29) is 11.5 Å². The highest BCUT2D eigenvalue weighted by molar-refractivity contribution is 5.15. The average molecular weight is 223 g/mol. The van der Waals surface area contributed by atoms with E-state index in [1.54, 1.807) is 0 Å². The fourth-order valence-electron chi connectivity index (χ4n) is 2.34. The standard InChI is InChI=1S/C12H21N3O/c1-9(13)2-3-11(14)15-7-4-10(16)12(8-15)5-6-12/h2-3,10,16H,4-8,13-14H2,1H3/b9-2-,11-3+. The molecule has 0 bridgehead atoms. The third-order valence-corrected chi connectivity index (χ3v) is 3.66. The van der Waals surface area contributed by atoms with Crippen molar-refractivity contribution in [3.05, 3.63) is 23.7 Å². The van der Waals surface area contributed by atoms with Crippen LogP contribution in [0.25, 0.3) is 0 Å². The molecule has 0 aromatic heterocycles. The molecule has 1 unspecified atom stereocenters. The minimum Gasteiger partial charge on any atom is -0.402 e. The summed E-state index contributed by atoms with van der Waals surface area (Å²) in [5.41, 5.74) is 12.4. The van der Waals surface area contributed by atoms with Crippen LogP contribution < -0.4 is 11.5 Å². The first-order chi connectivity index (χ1) is 7.53. The van der Waals surface area contributed by atoms with E-state index in [1.165, 1.54) is 0 Å². The van der Waals surface area contributed by atoms with Crippen LogP contribution >= 0.6 is 0 Å². The van der Waals surface area contributed by atoms with Crippen LogP contribution in [0.3, 0.4) is 0 Å². The van der Waals surface area contributed by atoms with Gasteiger partial charge in [0.25, 0.3) is 0 Å². The van der Waals surface area contributed by atoms with Crippen molar-refractivity contribution in [1.82, 2.24) is 4.90 Å². The van der Waals surface area contributed by atoms with Gasteiger partial charge in [-0.25, -0.2) is 0 Å². The number of likely N-dealkylation sites (tertiary alicyclic amines) is 1. The van der Waals surface area contributed by atoms with Crippen LogP contribution in [0.1, 0.15) is 26.2 Å². The molecule has 2 aliphatic rings. The molecular weight excluding hydrogens is 202 g/mol. The first-order valence-corrected chi connectivity index (χ1v) is 5.86. The van der Waals surface area contributed by atoms with Crippen molar-refractivity contribution in [1.29, 1.82) is 0 Å². The number of aliphatic hydroxyl groups is 1. The van der Waals surface area contributed by atoms with Gasteiger partial charge in [-0.15, -0.1) is 0 Å². The average Bonchev–Trinajstić information content (AvgIpc) is 3.00. The quantitative estimate of drug-likeness (QED) is 0.596. The Balaban J connectivity index is 2.01. The van der Waals surface area contributed by atoms with Crippen LogP contribution in [0.15, 0.2) is 23.7 Å². The Morgan fingerprint density at radius 1 is 1.38 bits per heavy atom. The molecule has 5 N–H and O–H groups in total. The summed E-state index contributed by atoms with van der Waals surface area (Å²) in [6, 6.07) is 0. The Morgan fingerprint density at radius 3 is 2.62 bits per heavy atom. The molecule has 4 heteroatoms. The molecule has 2 fully saturated rings. The Bertz CT molecular complexity index is 327. The van der Waals surface area contributed by atoms with Gasteiger partial charge in [0.1, 0.15) is 0 Å². The van der Waals surface area contributed by atoms with Crippen molar-refractivity contribution in [2.24, 2.45) is 16.9 Å². The Labute approximate surface area is 96.6 Å². The number of rotatable bonds is 2. The van der Waals surface area contributed by atoms with E-state index in [9.17, 15) is 5.11 Å². The molecule has 1 saturated carbocycles. The van der Waals surface area contributed by atoms with E-state index in [0.717, 1.165) is 43.9 Å². The number of nitrogens with zero attached hydrogens (tertiary/aromatic N) is 1. The largest absolute Gasteiger partial charge is 0.402 e. The van der Waals surface area contributed by atoms with Gasteiger partial charge in [0, 0.05) is 24.2 Å². The van der Waals surface area contributed by atoms with E-state index in [1.807, 2.05) is 19.1 Å². The molecule has 0 amide bonds. The van der Waals surface area contributed by atoms with Gasteiger partial charge in [-0.3, -0.25) is 0 Å². The molecule has 0 aromatic carbocycles. The van der Waals surface area contributed by atoms with E-state index in [2.05, 4.69) is 4.90 Å². The Morgan fingerprint density at radius 2 is 2.06 bits per heavy atom. The molecule has 2 rings (SSSR count). The van der Waals surface area contributed by atoms with Crippen molar-refractivity contribution in [3.8, 4) is 0 Å². The smallest absolute Gasteiger partial charge is 0.0987 e. The highest BCUT2D eigenvalue weighted by Crippen LogP contribution is 2.52. The normalized spacial score (nSPS) is 29.6. The molecule has 0 radical (unpaired) electrons. The second-order valence-corrected chi connectivity index (χ2v) is 5.09. The molecule has 1 aliphatic heterocycles. The first-order valence-electron chi connectivity index (χ1n) is 5.86. The molecule has 1 aliphatic carbocycles. The van der Waals surface area contributed by atoms with Crippen LogP contribution in [-0.4, -0.2) is 29.2 Å². The maximum absolute atomic E-state index is 9.90. The predicted molar refractivity (Wildman–Crippen MR) is 64.1 cm³/mol. The van der Waals surface area contributed by atoms with Crippen molar-refractivity contribution in [3.63, 3.8) is 0 Å². The molecular formula is C12H21N3O. The minimum absolute atomic E-state index is 0.136. The minimum atomic E-state index is -0.136. The van der Waals surface area contributed by atoms with Crippen molar-refractivity contribution in [2.75, 3.05) is 13.1 Å². The van der Waals surface area contributed by atoms with E-state index in [0.29, 0.717) is 0 Å². The summed E-state index contributed by atoms with van der Waals surface area (Å²) in [5, 5.41) is 9.90. The molecule has 1 atom stereocenters. The van der Waals surface area contributed by atoms with E-state index < -0.39 is 0 Å². The summed E-state index contributed by atoms with van der Waals surface area (Å²) in [6.45, 7) is 3.56. The lowest BCUT2D eigenvalue weighted by Gasteiger charge is -2.38. The fourth-order valence-corrected chi connectivity index (χ4v) is 2.34. The number of aliphatic hydroxyl groups excluding tert-OH is 1. The number of nitrogens with two attached hydrogens (primary N) is 2. The summed E-state index contributed by atoms with van der Waals surface area (Å²) in [6.07, 6.45) is 6.61. The maximum atomic E-state index is 9.90. The second kappa shape index (κ2) is 4.01. The number of hydrogen-bond donors (Lipinski definition) is 3. The number of piperidine rings is 1. The van der Waals surface area contributed by atoms with Gasteiger partial charge in [-0.2, -0.15) is 0 Å². The summed E-state index contributed by atoms with van der Waals surface area (Å²) < 4.78 is 0. The van der Waals surface area contributed by atoms with Crippen LogP contribution in [-0.2, 0) is 0 Å². The summed E-state index contributed by atoms with van der Waals surface area (Å²) in [7, 11) is 0. The third-order valence-electron chi connectivity index (χ3n) is 3.66. The monoisotopic (exact) mass is 223 g/mol. The van der Waals surface area contributed by atoms with Crippen LogP contribution in [0.2, 0.25) is 0 Å². The molecule has 1 saturated heterocycles. The topological polar surface area (TPSA) is 75.5 Å². The Hall–Kier alpha value is -1.16.